The van der Waals surface area contributed by atoms with E-state index in [2.05, 4.69) is 30.7 Å². The van der Waals surface area contributed by atoms with Gasteiger partial charge in [-0.2, -0.15) is 10.1 Å². The number of fused-ring (bicyclic) bond motifs is 1. The summed E-state index contributed by atoms with van der Waals surface area (Å²) in [5, 5.41) is 10.6. The van der Waals surface area contributed by atoms with Crippen LogP contribution in [0, 0.1) is 0 Å². The summed E-state index contributed by atoms with van der Waals surface area (Å²) in [6.45, 7) is 4.05. The summed E-state index contributed by atoms with van der Waals surface area (Å²) in [4.78, 5) is 25.4. The van der Waals surface area contributed by atoms with Gasteiger partial charge in [-0.15, -0.1) is 0 Å². The Kier molecular flexibility index (Phi) is 5.95. The van der Waals surface area contributed by atoms with E-state index < -0.39 is 5.91 Å². The molecule has 0 bridgehead atoms. The second-order valence-corrected chi connectivity index (χ2v) is 8.25. The number of anilines is 4. The molecule has 11 nitrogen and oxygen atoms in total. The molecule has 0 aliphatic rings. The topological polar surface area (TPSA) is 146 Å². The molecule has 0 spiro atoms. The minimum atomic E-state index is -0.675. The van der Waals surface area contributed by atoms with Gasteiger partial charge in [0.25, 0.3) is 5.91 Å². The second-order valence-electron chi connectivity index (χ2n) is 8.25. The number of oxazole rings is 1. The first-order chi connectivity index (χ1) is 17.4. The van der Waals surface area contributed by atoms with E-state index in [9.17, 15) is 4.79 Å². The highest BCUT2D eigenvalue weighted by Gasteiger charge is 2.19. The van der Waals surface area contributed by atoms with Crippen molar-refractivity contribution in [2.75, 3.05) is 17.7 Å². The number of carbonyl (C=O) groups is 1. The number of ether oxygens (including phenoxy) is 1. The quantitative estimate of drug-likeness (QED) is 0.286. The smallest absolute Gasteiger partial charge is 0.254 e. The number of hydrogen-bond acceptors (Lipinski definition) is 9. The van der Waals surface area contributed by atoms with Crippen LogP contribution in [0.15, 0.2) is 65.5 Å². The van der Waals surface area contributed by atoms with Gasteiger partial charge in [-0.3, -0.25) is 9.48 Å². The molecule has 4 N–H and O–H groups in total. The molecule has 0 aliphatic carbocycles. The van der Waals surface area contributed by atoms with E-state index >= 15 is 0 Å². The van der Waals surface area contributed by atoms with Gasteiger partial charge in [-0.05, 0) is 38.1 Å². The van der Waals surface area contributed by atoms with E-state index in [4.69, 9.17) is 14.9 Å². The monoisotopic (exact) mass is 484 g/mol. The Morgan fingerprint density at radius 1 is 1.08 bits per heavy atom. The van der Waals surface area contributed by atoms with E-state index in [1.54, 1.807) is 19.4 Å². The fraction of sp³-hybridized carbons (Fsp3) is 0.160. The van der Waals surface area contributed by atoms with Crippen molar-refractivity contribution in [1.82, 2.24) is 24.7 Å². The highest BCUT2D eigenvalue weighted by Crippen LogP contribution is 2.38. The minimum Gasteiger partial charge on any atom is -0.494 e. The Morgan fingerprint density at radius 3 is 2.64 bits per heavy atom. The molecule has 5 rings (SSSR count). The van der Waals surface area contributed by atoms with Gasteiger partial charge < -0.3 is 25.5 Å². The van der Waals surface area contributed by atoms with Crippen molar-refractivity contribution in [3.63, 3.8) is 0 Å². The van der Waals surface area contributed by atoms with Gasteiger partial charge in [-0.25, -0.2) is 9.97 Å². The number of amides is 1. The maximum atomic E-state index is 12.1. The molecule has 3 heterocycles. The molecular formula is C25H24N8O3. The summed E-state index contributed by atoms with van der Waals surface area (Å²) in [7, 11) is 1.54. The van der Waals surface area contributed by atoms with E-state index in [1.165, 1.54) is 6.20 Å². The van der Waals surface area contributed by atoms with Crippen LogP contribution in [0.1, 0.15) is 30.2 Å². The number of benzene rings is 2. The van der Waals surface area contributed by atoms with Crippen molar-refractivity contribution in [2.24, 2.45) is 5.73 Å². The lowest BCUT2D eigenvalue weighted by Gasteiger charge is -2.15. The molecule has 0 unspecified atom stereocenters. The lowest BCUT2D eigenvalue weighted by Crippen LogP contribution is -2.16. The summed E-state index contributed by atoms with van der Waals surface area (Å²) in [5.41, 5.74) is 8.98. The fourth-order valence-electron chi connectivity index (χ4n) is 3.67. The van der Waals surface area contributed by atoms with E-state index in [1.807, 2.05) is 61.1 Å². The largest absolute Gasteiger partial charge is 0.494 e. The number of rotatable bonds is 8. The number of aromatic nitrogens is 5. The van der Waals surface area contributed by atoms with E-state index in [0.717, 1.165) is 5.52 Å². The van der Waals surface area contributed by atoms with Crippen LogP contribution < -0.4 is 21.1 Å². The Balaban J connectivity index is 1.51. The molecular weight excluding hydrogens is 460 g/mol. The van der Waals surface area contributed by atoms with Crippen LogP contribution >= 0.6 is 0 Å². The van der Waals surface area contributed by atoms with Crippen molar-refractivity contribution in [2.45, 2.75) is 19.9 Å². The average Bonchev–Trinajstić information content (AvgIpc) is 3.51. The van der Waals surface area contributed by atoms with Gasteiger partial charge in [-0.1, -0.05) is 18.2 Å². The summed E-state index contributed by atoms with van der Waals surface area (Å²) < 4.78 is 13.4. The van der Waals surface area contributed by atoms with Gasteiger partial charge >= 0.3 is 0 Å². The SMILES string of the molecule is COc1c(Nc2nc(Nc3cnn(C(C)C)c3)ncc2C(N)=O)cccc1-c1nc2ccccc2o1. The minimum absolute atomic E-state index is 0.118. The Labute approximate surface area is 206 Å². The molecule has 0 radical (unpaired) electrons. The van der Waals surface area contributed by atoms with Crippen molar-refractivity contribution < 1.29 is 13.9 Å². The molecule has 36 heavy (non-hydrogen) atoms. The molecule has 2 aromatic carbocycles. The zero-order chi connectivity index (χ0) is 25.2. The third-order valence-corrected chi connectivity index (χ3v) is 5.44. The molecule has 3 aromatic heterocycles. The number of nitrogens with two attached hydrogens (primary N) is 1. The van der Waals surface area contributed by atoms with Crippen LogP contribution in [0.2, 0.25) is 0 Å². The Hall–Kier alpha value is -4.93. The van der Waals surface area contributed by atoms with Crippen LogP contribution in [-0.4, -0.2) is 37.7 Å². The lowest BCUT2D eigenvalue weighted by atomic mass is 10.1. The van der Waals surface area contributed by atoms with Gasteiger partial charge in [0, 0.05) is 18.4 Å². The summed E-state index contributed by atoms with van der Waals surface area (Å²) in [6.07, 6.45) is 4.88. The van der Waals surface area contributed by atoms with Gasteiger partial charge in [0.05, 0.1) is 30.2 Å². The third kappa shape index (κ3) is 4.41. The molecule has 0 atom stereocenters. The standard InChI is InChI=1S/C25H24N8O3/c1-14(2)33-13-15(11-28-33)29-25-27-12-17(22(26)34)23(32-25)30-19-9-6-7-16(21(19)35-3)24-31-18-8-4-5-10-20(18)36-24/h4-14H,1-3H3,(H2,26,34)(H2,27,29,30,32). The molecule has 182 valence electrons. The van der Waals surface area contributed by atoms with Crippen LogP contribution in [0.3, 0.4) is 0 Å². The third-order valence-electron chi connectivity index (χ3n) is 5.44. The van der Waals surface area contributed by atoms with Crippen molar-refractivity contribution in [1.29, 1.82) is 0 Å². The molecule has 1 amide bonds. The Bertz CT molecular complexity index is 1520. The van der Waals surface area contributed by atoms with E-state index in [0.29, 0.717) is 34.2 Å². The zero-order valence-electron chi connectivity index (χ0n) is 19.9. The van der Waals surface area contributed by atoms with Crippen LogP contribution in [0.4, 0.5) is 23.1 Å². The number of primary amides is 1. The lowest BCUT2D eigenvalue weighted by molar-refractivity contribution is 0.100. The van der Waals surface area contributed by atoms with Crippen molar-refractivity contribution in [3.05, 3.63) is 66.6 Å². The number of para-hydroxylation sites is 3. The van der Waals surface area contributed by atoms with Crippen LogP contribution in [0.5, 0.6) is 5.75 Å². The summed E-state index contributed by atoms with van der Waals surface area (Å²) >= 11 is 0. The van der Waals surface area contributed by atoms with Crippen LogP contribution in [0.25, 0.3) is 22.6 Å². The number of nitrogens with zero attached hydrogens (tertiary/aromatic N) is 5. The van der Waals surface area contributed by atoms with Gasteiger partial charge in [0.15, 0.2) is 11.3 Å². The molecule has 0 aliphatic heterocycles. The first kappa shape index (κ1) is 22.8. The number of methoxy groups -OCH3 is 1. The predicted octanol–water partition coefficient (Wildman–Crippen LogP) is 4.66. The van der Waals surface area contributed by atoms with Gasteiger partial charge in [0.2, 0.25) is 11.8 Å². The maximum Gasteiger partial charge on any atom is 0.254 e. The normalized spacial score (nSPS) is 11.1. The van der Waals surface area contributed by atoms with Crippen molar-refractivity contribution in [3.8, 4) is 17.2 Å². The molecule has 0 saturated heterocycles. The fourth-order valence-corrected chi connectivity index (χ4v) is 3.67. The average molecular weight is 485 g/mol. The molecule has 0 fully saturated rings. The van der Waals surface area contributed by atoms with Gasteiger partial charge in [0.1, 0.15) is 16.9 Å². The molecule has 0 saturated carbocycles. The maximum absolute atomic E-state index is 12.1. The highest BCUT2D eigenvalue weighted by atomic mass is 16.5. The first-order valence-corrected chi connectivity index (χ1v) is 11.2. The second kappa shape index (κ2) is 9.37. The van der Waals surface area contributed by atoms with E-state index in [-0.39, 0.29) is 23.4 Å². The zero-order valence-corrected chi connectivity index (χ0v) is 19.9. The predicted molar refractivity (Wildman–Crippen MR) is 136 cm³/mol. The van der Waals surface area contributed by atoms with Crippen molar-refractivity contribution >= 4 is 40.1 Å². The van der Waals surface area contributed by atoms with Crippen LogP contribution in [-0.2, 0) is 0 Å². The summed E-state index contributed by atoms with van der Waals surface area (Å²) in [5.74, 6) is 0.666. The summed E-state index contributed by atoms with van der Waals surface area (Å²) in [6, 6.07) is 13.1. The molecule has 11 heteroatoms. The molecule has 5 aromatic rings. The Morgan fingerprint density at radius 2 is 1.92 bits per heavy atom. The number of nitrogens with one attached hydrogen (secondary N) is 2. The highest BCUT2D eigenvalue weighted by molar-refractivity contribution is 5.98. The number of carbonyl (C=O) groups excluding carboxylic acids is 1. The first-order valence-electron chi connectivity index (χ1n) is 11.2. The number of hydrogen-bond donors (Lipinski definition) is 3.